The molecule has 0 aliphatic heterocycles. The van der Waals surface area contributed by atoms with Crippen molar-refractivity contribution >= 4 is 11.7 Å². The normalized spacial score (nSPS) is 11.2. The molecule has 0 heterocycles. The molecular formula is C15H23NO2. The Morgan fingerprint density at radius 1 is 1.22 bits per heavy atom. The monoisotopic (exact) mass is 249 g/mol. The van der Waals surface area contributed by atoms with Gasteiger partial charge in [-0.3, -0.25) is 4.79 Å². The van der Waals surface area contributed by atoms with Crippen molar-refractivity contribution in [1.82, 2.24) is 0 Å². The van der Waals surface area contributed by atoms with Crippen LogP contribution in [-0.2, 0) is 9.53 Å². The van der Waals surface area contributed by atoms with Gasteiger partial charge in [-0.2, -0.15) is 0 Å². The highest BCUT2D eigenvalue weighted by Crippen LogP contribution is 2.14. The molecule has 0 spiro atoms. The van der Waals surface area contributed by atoms with Crippen LogP contribution in [0.4, 0.5) is 5.69 Å². The molecule has 0 saturated carbocycles. The van der Waals surface area contributed by atoms with Gasteiger partial charge in [0.1, 0.15) is 5.60 Å². The van der Waals surface area contributed by atoms with Crippen LogP contribution in [0.5, 0.6) is 0 Å². The second-order valence-electron chi connectivity index (χ2n) is 5.56. The Kier molecular flexibility index (Phi) is 4.76. The summed E-state index contributed by atoms with van der Waals surface area (Å²) in [5.74, 6) is -0.168. The number of ether oxygens (including phenoxy) is 1. The molecule has 0 amide bonds. The van der Waals surface area contributed by atoms with Gasteiger partial charge in [-0.15, -0.1) is 0 Å². The van der Waals surface area contributed by atoms with Crippen LogP contribution in [-0.4, -0.2) is 18.1 Å². The van der Waals surface area contributed by atoms with Gasteiger partial charge in [0, 0.05) is 12.2 Å². The Labute approximate surface area is 110 Å². The molecule has 1 aromatic carbocycles. The zero-order valence-electron chi connectivity index (χ0n) is 12.0. The molecule has 18 heavy (non-hydrogen) atoms. The van der Waals surface area contributed by atoms with Gasteiger partial charge in [-0.05, 0) is 57.9 Å². The quantitative estimate of drug-likeness (QED) is 0.831. The lowest BCUT2D eigenvalue weighted by Gasteiger charge is -2.19. The Morgan fingerprint density at radius 3 is 2.44 bits per heavy atom. The van der Waals surface area contributed by atoms with E-state index in [1.807, 2.05) is 26.8 Å². The van der Waals surface area contributed by atoms with Crippen LogP contribution < -0.4 is 5.32 Å². The van der Waals surface area contributed by atoms with Crippen molar-refractivity contribution in [2.24, 2.45) is 0 Å². The number of nitrogens with one attached hydrogen (secondary N) is 1. The maximum atomic E-state index is 11.5. The molecule has 1 N–H and O–H groups in total. The second-order valence-corrected chi connectivity index (χ2v) is 5.56. The lowest BCUT2D eigenvalue weighted by molar-refractivity contribution is -0.154. The van der Waals surface area contributed by atoms with E-state index in [0.717, 1.165) is 5.69 Å². The van der Waals surface area contributed by atoms with E-state index in [4.69, 9.17) is 4.74 Å². The number of aryl methyl sites for hydroxylation is 2. The van der Waals surface area contributed by atoms with Crippen molar-refractivity contribution in [2.75, 3.05) is 11.9 Å². The van der Waals surface area contributed by atoms with Gasteiger partial charge >= 0.3 is 5.97 Å². The summed E-state index contributed by atoms with van der Waals surface area (Å²) in [6.45, 7) is 10.4. The summed E-state index contributed by atoms with van der Waals surface area (Å²) < 4.78 is 5.24. The summed E-state index contributed by atoms with van der Waals surface area (Å²) in [4.78, 5) is 11.5. The summed E-state index contributed by atoms with van der Waals surface area (Å²) >= 11 is 0. The average molecular weight is 249 g/mol. The third-order valence-corrected chi connectivity index (χ3v) is 2.59. The third-order valence-electron chi connectivity index (χ3n) is 2.59. The summed E-state index contributed by atoms with van der Waals surface area (Å²) in [6.07, 6.45) is 0.379. The van der Waals surface area contributed by atoms with E-state index in [1.165, 1.54) is 11.1 Å². The Bertz CT molecular complexity index is 419. The molecule has 0 aliphatic carbocycles. The molecule has 3 heteroatoms. The number of anilines is 1. The SMILES string of the molecule is Cc1ccc(NCCC(=O)OC(C)(C)C)cc1C. The predicted molar refractivity (Wildman–Crippen MR) is 74.9 cm³/mol. The van der Waals surface area contributed by atoms with Gasteiger partial charge in [0.2, 0.25) is 0 Å². The van der Waals surface area contributed by atoms with Crippen molar-refractivity contribution in [2.45, 2.75) is 46.6 Å². The first kappa shape index (κ1) is 14.6. The van der Waals surface area contributed by atoms with Crippen molar-refractivity contribution in [3.05, 3.63) is 29.3 Å². The molecule has 0 saturated heterocycles. The molecule has 0 fully saturated rings. The minimum Gasteiger partial charge on any atom is -0.460 e. The highest BCUT2D eigenvalue weighted by molar-refractivity contribution is 5.70. The van der Waals surface area contributed by atoms with Crippen LogP contribution in [0.3, 0.4) is 0 Å². The fourth-order valence-electron chi connectivity index (χ4n) is 1.55. The zero-order chi connectivity index (χ0) is 13.8. The van der Waals surface area contributed by atoms with Gasteiger partial charge in [-0.1, -0.05) is 6.07 Å². The van der Waals surface area contributed by atoms with Crippen molar-refractivity contribution < 1.29 is 9.53 Å². The lowest BCUT2D eigenvalue weighted by atomic mass is 10.1. The van der Waals surface area contributed by atoms with E-state index in [-0.39, 0.29) is 5.97 Å². The maximum absolute atomic E-state index is 11.5. The van der Waals surface area contributed by atoms with Crippen molar-refractivity contribution in [1.29, 1.82) is 0 Å². The Morgan fingerprint density at radius 2 is 1.89 bits per heavy atom. The standard InChI is InChI=1S/C15H23NO2/c1-11-6-7-13(10-12(11)2)16-9-8-14(17)18-15(3,4)5/h6-7,10,16H,8-9H2,1-5H3. The average Bonchev–Trinajstić information content (AvgIpc) is 2.20. The zero-order valence-corrected chi connectivity index (χ0v) is 12.0. The smallest absolute Gasteiger partial charge is 0.308 e. The number of rotatable bonds is 4. The minimum absolute atomic E-state index is 0.168. The Hall–Kier alpha value is -1.51. The van der Waals surface area contributed by atoms with E-state index in [2.05, 4.69) is 31.3 Å². The van der Waals surface area contributed by atoms with Gasteiger partial charge in [0.25, 0.3) is 0 Å². The molecule has 0 aliphatic rings. The van der Waals surface area contributed by atoms with Crippen molar-refractivity contribution in [3.8, 4) is 0 Å². The molecule has 0 bridgehead atoms. The van der Waals surface area contributed by atoms with Crippen LogP contribution in [0, 0.1) is 13.8 Å². The van der Waals surface area contributed by atoms with E-state index < -0.39 is 5.60 Å². The van der Waals surface area contributed by atoms with Gasteiger partial charge < -0.3 is 10.1 Å². The highest BCUT2D eigenvalue weighted by atomic mass is 16.6. The third kappa shape index (κ3) is 5.21. The van der Waals surface area contributed by atoms with E-state index in [0.29, 0.717) is 13.0 Å². The largest absolute Gasteiger partial charge is 0.460 e. The molecule has 1 rings (SSSR count). The fraction of sp³-hybridized carbons (Fsp3) is 0.533. The molecule has 1 aromatic rings. The topological polar surface area (TPSA) is 38.3 Å². The van der Waals surface area contributed by atoms with E-state index >= 15 is 0 Å². The fourth-order valence-corrected chi connectivity index (χ4v) is 1.55. The first-order valence-electron chi connectivity index (χ1n) is 6.31. The molecule has 0 atom stereocenters. The van der Waals surface area contributed by atoms with E-state index in [9.17, 15) is 4.79 Å². The number of hydrogen-bond donors (Lipinski definition) is 1. The number of esters is 1. The molecule has 0 radical (unpaired) electrons. The van der Waals surface area contributed by atoms with Crippen LogP contribution in [0.1, 0.15) is 38.3 Å². The Balaban J connectivity index is 2.38. The van der Waals surface area contributed by atoms with E-state index in [1.54, 1.807) is 0 Å². The highest BCUT2D eigenvalue weighted by Gasteiger charge is 2.15. The summed E-state index contributed by atoms with van der Waals surface area (Å²) in [5.41, 5.74) is 3.16. The maximum Gasteiger partial charge on any atom is 0.308 e. The van der Waals surface area contributed by atoms with Crippen LogP contribution in [0.15, 0.2) is 18.2 Å². The summed E-state index contributed by atoms with van der Waals surface area (Å²) in [7, 11) is 0. The van der Waals surface area contributed by atoms with Gasteiger partial charge in [0.15, 0.2) is 0 Å². The second kappa shape index (κ2) is 5.89. The number of benzene rings is 1. The van der Waals surface area contributed by atoms with Crippen LogP contribution in [0.25, 0.3) is 0 Å². The van der Waals surface area contributed by atoms with Gasteiger partial charge in [-0.25, -0.2) is 0 Å². The summed E-state index contributed by atoms with van der Waals surface area (Å²) in [6, 6.07) is 6.19. The van der Waals surface area contributed by atoms with Crippen LogP contribution >= 0.6 is 0 Å². The molecule has 3 nitrogen and oxygen atoms in total. The molecule has 0 aromatic heterocycles. The lowest BCUT2D eigenvalue weighted by Crippen LogP contribution is -2.25. The van der Waals surface area contributed by atoms with Crippen molar-refractivity contribution in [3.63, 3.8) is 0 Å². The first-order valence-corrected chi connectivity index (χ1v) is 6.31. The van der Waals surface area contributed by atoms with Crippen LogP contribution in [0.2, 0.25) is 0 Å². The number of carbonyl (C=O) groups is 1. The number of hydrogen-bond acceptors (Lipinski definition) is 3. The summed E-state index contributed by atoms with van der Waals surface area (Å²) in [5, 5.41) is 3.23. The molecule has 100 valence electrons. The predicted octanol–water partition coefficient (Wildman–Crippen LogP) is 3.45. The minimum atomic E-state index is -0.405. The van der Waals surface area contributed by atoms with Gasteiger partial charge in [0.05, 0.1) is 6.42 Å². The molecular weight excluding hydrogens is 226 g/mol. The molecule has 0 unspecified atom stereocenters. The number of carbonyl (C=O) groups excluding carboxylic acids is 1. The first-order chi connectivity index (χ1) is 8.28.